The molecule has 0 saturated carbocycles. The average molecular weight is 314 g/mol. The van der Waals surface area contributed by atoms with Crippen LogP contribution < -0.4 is 5.32 Å². The van der Waals surface area contributed by atoms with Crippen molar-refractivity contribution in [2.45, 2.75) is 0 Å². The normalized spacial score (nSPS) is 10.2. The molecule has 0 aliphatic rings. The van der Waals surface area contributed by atoms with Crippen LogP contribution in [-0.2, 0) is 0 Å². The molecular formula is C12H6ClF2N3O3. The van der Waals surface area contributed by atoms with Gasteiger partial charge < -0.3 is 5.32 Å². The molecule has 1 amide bonds. The number of hydrogen-bond acceptors (Lipinski definition) is 4. The summed E-state index contributed by atoms with van der Waals surface area (Å²) in [7, 11) is 0. The van der Waals surface area contributed by atoms with Gasteiger partial charge >= 0.3 is 0 Å². The van der Waals surface area contributed by atoms with Crippen LogP contribution in [0.1, 0.15) is 10.4 Å². The third kappa shape index (κ3) is 3.11. The fraction of sp³-hybridized carbons (Fsp3) is 0. The van der Waals surface area contributed by atoms with Crippen molar-refractivity contribution in [3.63, 3.8) is 0 Å². The lowest BCUT2D eigenvalue weighted by Crippen LogP contribution is -2.15. The van der Waals surface area contributed by atoms with E-state index in [4.69, 9.17) is 11.6 Å². The van der Waals surface area contributed by atoms with Crippen molar-refractivity contribution in [3.05, 3.63) is 62.9 Å². The number of carbonyl (C=O) groups excluding carboxylic acids is 1. The highest BCUT2D eigenvalue weighted by molar-refractivity contribution is 6.34. The molecule has 0 aliphatic carbocycles. The number of amides is 1. The second kappa shape index (κ2) is 5.80. The molecule has 1 N–H and O–H groups in total. The Morgan fingerprint density at radius 1 is 1.38 bits per heavy atom. The molecule has 21 heavy (non-hydrogen) atoms. The molecule has 0 aliphatic heterocycles. The molecule has 0 fully saturated rings. The second-order valence-electron chi connectivity index (χ2n) is 3.85. The predicted octanol–water partition coefficient (Wildman–Crippen LogP) is 3.17. The van der Waals surface area contributed by atoms with Crippen LogP contribution >= 0.6 is 11.6 Å². The van der Waals surface area contributed by atoms with Crippen LogP contribution in [0.3, 0.4) is 0 Å². The Bertz CT molecular complexity index is 740. The van der Waals surface area contributed by atoms with E-state index in [9.17, 15) is 23.7 Å². The Balaban J connectivity index is 2.42. The summed E-state index contributed by atoms with van der Waals surface area (Å²) in [5.74, 6) is -3.30. The Labute approximate surface area is 121 Å². The van der Waals surface area contributed by atoms with E-state index in [2.05, 4.69) is 4.98 Å². The highest BCUT2D eigenvalue weighted by atomic mass is 35.5. The zero-order valence-electron chi connectivity index (χ0n) is 10.1. The number of halogens is 3. The van der Waals surface area contributed by atoms with Crippen LogP contribution in [0.4, 0.5) is 20.2 Å². The van der Waals surface area contributed by atoms with Gasteiger partial charge in [-0.1, -0.05) is 11.6 Å². The molecule has 0 spiro atoms. The third-order valence-corrected chi connectivity index (χ3v) is 2.81. The van der Waals surface area contributed by atoms with Gasteiger partial charge in [0.1, 0.15) is 5.82 Å². The van der Waals surface area contributed by atoms with Gasteiger partial charge in [0, 0.05) is 18.5 Å². The van der Waals surface area contributed by atoms with Crippen molar-refractivity contribution in [1.82, 2.24) is 4.98 Å². The van der Waals surface area contributed by atoms with E-state index in [1.165, 1.54) is 12.3 Å². The summed E-state index contributed by atoms with van der Waals surface area (Å²) in [5, 5.41) is 12.8. The molecule has 2 rings (SSSR count). The van der Waals surface area contributed by atoms with Crippen LogP contribution in [0.5, 0.6) is 0 Å². The molecule has 0 saturated heterocycles. The van der Waals surface area contributed by atoms with E-state index in [0.29, 0.717) is 12.1 Å². The van der Waals surface area contributed by atoms with Crippen LogP contribution in [0.25, 0.3) is 0 Å². The number of nitro groups is 1. The van der Waals surface area contributed by atoms with Gasteiger partial charge in [-0.2, -0.15) is 0 Å². The minimum absolute atomic E-state index is 0.0349. The van der Waals surface area contributed by atoms with Crippen molar-refractivity contribution in [2.75, 3.05) is 5.32 Å². The Morgan fingerprint density at radius 3 is 2.71 bits per heavy atom. The number of nitrogens with zero attached hydrogens (tertiary/aromatic N) is 2. The lowest BCUT2D eigenvalue weighted by atomic mass is 10.2. The summed E-state index contributed by atoms with van der Waals surface area (Å²) >= 11 is 5.76. The predicted molar refractivity (Wildman–Crippen MR) is 70.2 cm³/mol. The number of nitro benzene ring substituents is 1. The number of carbonyl (C=O) groups is 1. The number of pyridine rings is 1. The molecule has 2 aromatic rings. The number of rotatable bonds is 3. The SMILES string of the molecule is O=C(Nc1c(F)cc(F)cc1[N+](=O)[O-])c1cnccc1Cl. The Kier molecular flexibility index (Phi) is 4.08. The number of nitrogens with one attached hydrogen (secondary N) is 1. The van der Waals surface area contributed by atoms with Gasteiger partial charge in [-0.3, -0.25) is 19.9 Å². The number of anilines is 1. The van der Waals surface area contributed by atoms with Crippen LogP contribution in [0, 0.1) is 21.7 Å². The molecule has 9 heteroatoms. The number of benzene rings is 1. The van der Waals surface area contributed by atoms with Crippen molar-refractivity contribution in [3.8, 4) is 0 Å². The van der Waals surface area contributed by atoms with Gasteiger partial charge in [0.2, 0.25) is 0 Å². The first kappa shape index (κ1) is 14.8. The maximum absolute atomic E-state index is 13.6. The monoisotopic (exact) mass is 313 g/mol. The molecule has 6 nitrogen and oxygen atoms in total. The lowest BCUT2D eigenvalue weighted by molar-refractivity contribution is -0.384. The minimum atomic E-state index is -1.27. The number of aromatic nitrogens is 1. The Hall–Kier alpha value is -2.61. The second-order valence-corrected chi connectivity index (χ2v) is 4.26. The average Bonchev–Trinajstić information content (AvgIpc) is 2.41. The van der Waals surface area contributed by atoms with E-state index in [0.717, 1.165) is 6.20 Å². The molecule has 1 aromatic heterocycles. The molecular weight excluding hydrogens is 308 g/mol. The lowest BCUT2D eigenvalue weighted by Gasteiger charge is -2.08. The largest absolute Gasteiger partial charge is 0.314 e. The highest BCUT2D eigenvalue weighted by Gasteiger charge is 2.23. The summed E-state index contributed by atoms with van der Waals surface area (Å²) in [5.41, 5.74) is -1.75. The molecule has 1 heterocycles. The molecule has 0 atom stereocenters. The van der Waals surface area contributed by atoms with Crippen molar-refractivity contribution >= 4 is 28.9 Å². The molecule has 108 valence electrons. The maximum atomic E-state index is 13.6. The molecule has 0 bridgehead atoms. The van der Waals surface area contributed by atoms with Crippen LogP contribution in [-0.4, -0.2) is 15.8 Å². The first-order chi connectivity index (χ1) is 9.90. The first-order valence-corrected chi connectivity index (χ1v) is 5.82. The summed E-state index contributed by atoms with van der Waals surface area (Å²) in [4.78, 5) is 25.4. The smallest absolute Gasteiger partial charge is 0.298 e. The molecule has 0 unspecified atom stereocenters. The van der Waals surface area contributed by atoms with Gasteiger partial charge in [0.15, 0.2) is 11.5 Å². The standard InChI is InChI=1S/C12H6ClF2N3O3/c13-8-1-2-16-5-7(8)12(19)17-11-9(15)3-6(14)4-10(11)18(20)21/h1-5H,(H,17,19). The van der Waals surface area contributed by atoms with Crippen molar-refractivity contribution in [2.24, 2.45) is 0 Å². The van der Waals surface area contributed by atoms with Crippen molar-refractivity contribution in [1.29, 1.82) is 0 Å². The van der Waals surface area contributed by atoms with E-state index in [1.54, 1.807) is 0 Å². The number of hydrogen-bond donors (Lipinski definition) is 1. The van der Waals surface area contributed by atoms with Gasteiger partial charge in [-0.05, 0) is 6.07 Å². The van der Waals surface area contributed by atoms with E-state index in [-0.39, 0.29) is 10.6 Å². The van der Waals surface area contributed by atoms with Gasteiger partial charge in [-0.25, -0.2) is 8.78 Å². The van der Waals surface area contributed by atoms with E-state index in [1.807, 2.05) is 5.32 Å². The minimum Gasteiger partial charge on any atom is -0.314 e. The first-order valence-electron chi connectivity index (χ1n) is 5.44. The summed E-state index contributed by atoms with van der Waals surface area (Å²) in [6.45, 7) is 0. The highest BCUT2D eigenvalue weighted by Crippen LogP contribution is 2.29. The quantitative estimate of drug-likeness (QED) is 0.696. The third-order valence-electron chi connectivity index (χ3n) is 2.48. The Morgan fingerprint density at radius 2 is 2.10 bits per heavy atom. The van der Waals surface area contributed by atoms with Crippen LogP contribution in [0.2, 0.25) is 5.02 Å². The fourth-order valence-corrected chi connectivity index (χ4v) is 1.74. The van der Waals surface area contributed by atoms with E-state index < -0.39 is 33.8 Å². The molecule has 0 radical (unpaired) electrons. The fourth-order valence-electron chi connectivity index (χ4n) is 1.55. The maximum Gasteiger partial charge on any atom is 0.298 e. The van der Waals surface area contributed by atoms with E-state index >= 15 is 0 Å². The van der Waals surface area contributed by atoms with Gasteiger partial charge in [-0.15, -0.1) is 0 Å². The van der Waals surface area contributed by atoms with Gasteiger partial charge in [0.25, 0.3) is 11.6 Å². The summed E-state index contributed by atoms with van der Waals surface area (Å²) in [6.07, 6.45) is 2.45. The summed E-state index contributed by atoms with van der Waals surface area (Å²) in [6, 6.07) is 2.25. The zero-order chi connectivity index (χ0) is 15.6. The van der Waals surface area contributed by atoms with Gasteiger partial charge in [0.05, 0.1) is 21.6 Å². The van der Waals surface area contributed by atoms with Crippen LogP contribution in [0.15, 0.2) is 30.6 Å². The van der Waals surface area contributed by atoms with Crippen molar-refractivity contribution < 1.29 is 18.5 Å². The molecule has 1 aromatic carbocycles. The topological polar surface area (TPSA) is 85.1 Å². The summed E-state index contributed by atoms with van der Waals surface area (Å²) < 4.78 is 26.6. The zero-order valence-corrected chi connectivity index (χ0v) is 10.9.